The molecule has 2 atom stereocenters. The summed E-state index contributed by atoms with van der Waals surface area (Å²) in [5.41, 5.74) is 9.71. The van der Waals surface area contributed by atoms with Crippen LogP contribution in [0.3, 0.4) is 0 Å². The molecule has 0 radical (unpaired) electrons. The number of aromatic nitrogens is 1. The molecule has 2 bridgehead atoms. The maximum atomic E-state index is 12.9. The summed E-state index contributed by atoms with van der Waals surface area (Å²) in [5.74, 6) is 1.08. The van der Waals surface area contributed by atoms with Crippen LogP contribution in [-0.4, -0.2) is 23.0 Å². The third-order valence-electron chi connectivity index (χ3n) is 5.82. The minimum absolute atomic E-state index is 0.0132. The molecule has 4 nitrogen and oxygen atoms in total. The zero-order valence-corrected chi connectivity index (χ0v) is 15.4. The quantitative estimate of drug-likeness (QED) is 0.881. The summed E-state index contributed by atoms with van der Waals surface area (Å²) in [7, 11) is 0. The van der Waals surface area contributed by atoms with Crippen molar-refractivity contribution in [1.82, 2.24) is 10.3 Å². The molecule has 132 valence electrons. The number of nitrogens with one attached hydrogen (secondary N) is 1. The van der Waals surface area contributed by atoms with E-state index < -0.39 is 0 Å². The summed E-state index contributed by atoms with van der Waals surface area (Å²) in [6.07, 6.45) is 5.71. The van der Waals surface area contributed by atoms with E-state index in [9.17, 15) is 4.79 Å². The highest BCUT2D eigenvalue weighted by Gasteiger charge is 2.40. The van der Waals surface area contributed by atoms with E-state index in [0.717, 1.165) is 29.8 Å². The van der Waals surface area contributed by atoms with Crippen LogP contribution < -0.4 is 11.1 Å². The zero-order chi connectivity index (χ0) is 17.4. The fourth-order valence-electron chi connectivity index (χ4n) is 4.63. The lowest BCUT2D eigenvalue weighted by atomic mass is 9.67. The van der Waals surface area contributed by atoms with Gasteiger partial charge < -0.3 is 11.1 Å². The van der Waals surface area contributed by atoms with Gasteiger partial charge in [-0.3, -0.25) is 9.78 Å². The predicted octanol–water partition coefficient (Wildman–Crippen LogP) is 3.75. The summed E-state index contributed by atoms with van der Waals surface area (Å²) in [6, 6.07) is 6.49. The Balaban J connectivity index is 1.51. The largest absolute Gasteiger partial charge is 0.349 e. The van der Waals surface area contributed by atoms with Crippen molar-refractivity contribution in [3.05, 3.63) is 40.2 Å². The molecule has 5 heteroatoms. The monoisotopic (exact) mass is 355 g/mol. The highest BCUT2D eigenvalue weighted by Crippen LogP contribution is 2.39. The van der Waals surface area contributed by atoms with Crippen LogP contribution in [0.2, 0.25) is 0 Å². The average Bonchev–Trinajstić information content (AvgIpc) is 3.10. The molecule has 2 heterocycles. The van der Waals surface area contributed by atoms with Crippen LogP contribution in [0.1, 0.15) is 48.2 Å². The first kappa shape index (κ1) is 16.7. The van der Waals surface area contributed by atoms with Crippen molar-refractivity contribution in [2.45, 2.75) is 51.1 Å². The topological polar surface area (TPSA) is 68.0 Å². The van der Waals surface area contributed by atoms with Crippen molar-refractivity contribution >= 4 is 17.2 Å². The van der Waals surface area contributed by atoms with Gasteiger partial charge in [-0.25, -0.2) is 0 Å². The van der Waals surface area contributed by atoms with Crippen molar-refractivity contribution in [2.75, 3.05) is 0 Å². The van der Waals surface area contributed by atoms with Crippen molar-refractivity contribution < 1.29 is 4.79 Å². The molecule has 1 amide bonds. The van der Waals surface area contributed by atoms with Crippen molar-refractivity contribution in [2.24, 2.45) is 17.6 Å². The molecule has 0 aromatic carbocycles. The second-order valence-corrected chi connectivity index (χ2v) is 8.30. The summed E-state index contributed by atoms with van der Waals surface area (Å²) >= 11 is 1.65. The van der Waals surface area contributed by atoms with E-state index in [1.807, 2.05) is 24.4 Å². The molecule has 2 aliphatic rings. The van der Waals surface area contributed by atoms with Crippen molar-refractivity contribution in [3.8, 4) is 11.3 Å². The maximum absolute atomic E-state index is 12.9. The first-order chi connectivity index (χ1) is 12.1. The Morgan fingerprint density at radius 1 is 1.24 bits per heavy atom. The third-order valence-corrected chi connectivity index (χ3v) is 6.50. The molecular formula is C20H25N3OS. The van der Waals surface area contributed by atoms with Gasteiger partial charge in [0.05, 0.1) is 17.0 Å². The van der Waals surface area contributed by atoms with Crippen LogP contribution in [0, 0.1) is 18.8 Å². The van der Waals surface area contributed by atoms with Crippen LogP contribution >= 0.6 is 11.3 Å². The average molecular weight is 356 g/mol. The second kappa shape index (κ2) is 6.89. The zero-order valence-electron chi connectivity index (χ0n) is 14.6. The van der Waals surface area contributed by atoms with Crippen LogP contribution in [0.4, 0.5) is 0 Å². The smallest absolute Gasteiger partial charge is 0.253 e. The fraction of sp³-hybridized carbons (Fsp3) is 0.500. The molecule has 0 saturated heterocycles. The molecule has 0 aliphatic heterocycles. The Hall–Kier alpha value is -1.72. The van der Waals surface area contributed by atoms with Gasteiger partial charge in [0.25, 0.3) is 5.91 Å². The molecule has 2 unspecified atom stereocenters. The third kappa shape index (κ3) is 3.35. The summed E-state index contributed by atoms with van der Waals surface area (Å²) in [4.78, 5) is 17.5. The number of carbonyl (C=O) groups is 1. The van der Waals surface area contributed by atoms with Crippen LogP contribution in [0.25, 0.3) is 11.3 Å². The number of amides is 1. The molecule has 2 saturated carbocycles. The molecule has 0 spiro atoms. The lowest BCUT2D eigenvalue weighted by Gasteiger charge is -2.45. The Morgan fingerprint density at radius 2 is 2.00 bits per heavy atom. The Kier molecular flexibility index (Phi) is 4.61. The first-order valence-electron chi connectivity index (χ1n) is 9.18. The van der Waals surface area contributed by atoms with E-state index in [2.05, 4.69) is 21.7 Å². The summed E-state index contributed by atoms with van der Waals surface area (Å²) in [5, 5.41) is 7.44. The molecule has 2 aromatic heterocycles. The van der Waals surface area contributed by atoms with Gasteiger partial charge in [-0.1, -0.05) is 6.42 Å². The lowest BCUT2D eigenvalue weighted by molar-refractivity contribution is 0.0755. The minimum atomic E-state index is 0.0132. The van der Waals surface area contributed by atoms with E-state index in [1.54, 1.807) is 11.3 Å². The highest BCUT2D eigenvalue weighted by molar-refractivity contribution is 7.08. The van der Waals surface area contributed by atoms with Gasteiger partial charge in [0.2, 0.25) is 0 Å². The normalized spacial score (nSPS) is 28.6. The Morgan fingerprint density at radius 3 is 2.64 bits per heavy atom. The van der Waals surface area contributed by atoms with Gasteiger partial charge in [0.15, 0.2) is 0 Å². The number of fused-ring (bicyclic) bond motifs is 2. The number of nitrogens with zero attached hydrogens (tertiary/aromatic N) is 1. The van der Waals surface area contributed by atoms with Crippen molar-refractivity contribution in [1.29, 1.82) is 0 Å². The van der Waals surface area contributed by atoms with Gasteiger partial charge in [0.1, 0.15) is 0 Å². The second-order valence-electron chi connectivity index (χ2n) is 7.52. The molecule has 2 aliphatic carbocycles. The standard InChI is InChI=1S/C20H25N3OS/c1-12-17(5-6-18(22-12)15-7-8-25-11-15)20(24)23-19-13-3-2-4-14(19)10-16(21)9-13/h5-8,11,13-14,16,19H,2-4,9-10,21H2,1H3,(H,23,24). The lowest BCUT2D eigenvalue weighted by Crippen LogP contribution is -2.53. The predicted molar refractivity (Wildman–Crippen MR) is 102 cm³/mol. The molecule has 2 aromatic rings. The number of pyridine rings is 1. The van der Waals surface area contributed by atoms with E-state index in [-0.39, 0.29) is 11.9 Å². The summed E-state index contributed by atoms with van der Waals surface area (Å²) < 4.78 is 0. The number of hydrogen-bond acceptors (Lipinski definition) is 4. The number of thiophene rings is 1. The Labute approximate surface area is 152 Å². The Bertz CT molecular complexity index is 744. The number of carbonyl (C=O) groups excluding carboxylic acids is 1. The van der Waals surface area contributed by atoms with E-state index in [0.29, 0.717) is 23.4 Å². The van der Waals surface area contributed by atoms with Crippen LogP contribution in [-0.2, 0) is 0 Å². The van der Waals surface area contributed by atoms with Gasteiger partial charge in [-0.05, 0) is 68.0 Å². The van der Waals surface area contributed by atoms with E-state index >= 15 is 0 Å². The number of rotatable bonds is 3. The minimum Gasteiger partial charge on any atom is -0.349 e. The van der Waals surface area contributed by atoms with Crippen molar-refractivity contribution in [3.63, 3.8) is 0 Å². The molecule has 2 fully saturated rings. The fourth-order valence-corrected chi connectivity index (χ4v) is 5.28. The van der Waals surface area contributed by atoms with Gasteiger partial charge in [-0.15, -0.1) is 0 Å². The highest BCUT2D eigenvalue weighted by atomic mass is 32.1. The van der Waals surface area contributed by atoms with Crippen LogP contribution in [0.5, 0.6) is 0 Å². The molecule has 3 N–H and O–H groups in total. The molecular weight excluding hydrogens is 330 g/mol. The first-order valence-corrected chi connectivity index (χ1v) is 10.1. The van der Waals surface area contributed by atoms with E-state index in [4.69, 9.17) is 5.73 Å². The number of hydrogen-bond donors (Lipinski definition) is 2. The van der Waals surface area contributed by atoms with Gasteiger partial charge in [0, 0.05) is 23.0 Å². The van der Waals surface area contributed by atoms with Crippen LogP contribution in [0.15, 0.2) is 29.0 Å². The number of aryl methyl sites for hydroxylation is 1. The maximum Gasteiger partial charge on any atom is 0.253 e. The van der Waals surface area contributed by atoms with Gasteiger partial charge >= 0.3 is 0 Å². The van der Waals surface area contributed by atoms with E-state index in [1.165, 1.54) is 19.3 Å². The molecule has 25 heavy (non-hydrogen) atoms. The molecule has 4 rings (SSSR count). The van der Waals surface area contributed by atoms with Gasteiger partial charge in [-0.2, -0.15) is 11.3 Å². The number of nitrogens with two attached hydrogens (primary N) is 1. The summed E-state index contributed by atoms with van der Waals surface area (Å²) in [6.45, 7) is 1.92. The SMILES string of the molecule is Cc1nc(-c2ccsc2)ccc1C(=O)NC1C2CCCC1CC(N)C2.